The summed E-state index contributed by atoms with van der Waals surface area (Å²) in [4.78, 5) is 5.82. The number of hydrogen-bond donors (Lipinski definition) is 2. The highest BCUT2D eigenvalue weighted by atomic mass is 127. The minimum atomic E-state index is -4.30. The summed E-state index contributed by atoms with van der Waals surface area (Å²) < 4.78 is 40.9. The highest BCUT2D eigenvalue weighted by molar-refractivity contribution is 14.0. The molecule has 1 aromatic carbocycles. The molecule has 28 heavy (non-hydrogen) atoms. The molecule has 1 aromatic heterocycles. The van der Waals surface area contributed by atoms with Crippen LogP contribution in [0, 0.1) is 6.92 Å². The molecular formula is C19H25F3IN3OS. The van der Waals surface area contributed by atoms with Crippen LogP contribution in [0.4, 0.5) is 13.2 Å². The highest BCUT2D eigenvalue weighted by Crippen LogP contribution is 2.16. The molecule has 0 saturated heterocycles. The molecule has 0 fully saturated rings. The minimum absolute atomic E-state index is 0. The van der Waals surface area contributed by atoms with E-state index in [2.05, 4.69) is 38.7 Å². The van der Waals surface area contributed by atoms with Crippen LogP contribution in [0.2, 0.25) is 0 Å². The number of hydrogen-bond acceptors (Lipinski definition) is 3. The number of guanidine groups is 1. The minimum Gasteiger partial charge on any atom is -0.367 e. The molecule has 1 heterocycles. The summed E-state index contributed by atoms with van der Waals surface area (Å²) >= 11 is 1.71. The predicted molar refractivity (Wildman–Crippen MR) is 118 cm³/mol. The normalized spacial score (nSPS) is 11.8. The van der Waals surface area contributed by atoms with Gasteiger partial charge in [0.15, 0.2) is 5.96 Å². The summed E-state index contributed by atoms with van der Waals surface area (Å²) in [6, 6.07) is 9.31. The first-order chi connectivity index (χ1) is 12.9. The molecule has 0 radical (unpaired) electrons. The van der Waals surface area contributed by atoms with Gasteiger partial charge in [0.1, 0.15) is 6.61 Å². The van der Waals surface area contributed by atoms with Crippen LogP contribution < -0.4 is 10.6 Å². The fourth-order valence-electron chi connectivity index (χ4n) is 2.29. The molecule has 2 N–H and O–H groups in total. The van der Waals surface area contributed by atoms with E-state index in [0.29, 0.717) is 18.7 Å². The number of nitrogens with one attached hydrogen (secondary N) is 2. The lowest BCUT2D eigenvalue weighted by molar-refractivity contribution is -0.176. The van der Waals surface area contributed by atoms with Gasteiger partial charge in [-0.3, -0.25) is 0 Å². The number of ether oxygens (including phenoxy) is 1. The molecule has 0 bridgehead atoms. The van der Waals surface area contributed by atoms with Gasteiger partial charge in [0.05, 0.1) is 19.7 Å². The molecule has 0 aliphatic carbocycles. The Kier molecular flexibility index (Phi) is 10.8. The van der Waals surface area contributed by atoms with E-state index in [4.69, 9.17) is 0 Å². The van der Waals surface area contributed by atoms with Crippen LogP contribution >= 0.6 is 35.3 Å². The van der Waals surface area contributed by atoms with Crippen molar-refractivity contribution in [3.8, 4) is 0 Å². The van der Waals surface area contributed by atoms with Crippen molar-refractivity contribution in [1.82, 2.24) is 10.6 Å². The summed E-state index contributed by atoms with van der Waals surface area (Å²) in [5.41, 5.74) is 2.93. The SMILES string of the molecule is CCNC(=NCc1ccc(COCC(F)(F)F)cc1)NCc1sccc1C.I. The topological polar surface area (TPSA) is 45.7 Å². The van der Waals surface area contributed by atoms with Crippen molar-refractivity contribution >= 4 is 41.3 Å². The Labute approximate surface area is 184 Å². The summed E-state index contributed by atoms with van der Waals surface area (Å²) in [6.45, 7) is 4.73. The molecule has 0 saturated carbocycles. The first-order valence-corrected chi connectivity index (χ1v) is 9.53. The number of aryl methyl sites for hydroxylation is 1. The van der Waals surface area contributed by atoms with Crippen molar-refractivity contribution < 1.29 is 17.9 Å². The van der Waals surface area contributed by atoms with E-state index in [1.165, 1.54) is 10.4 Å². The number of rotatable bonds is 8. The van der Waals surface area contributed by atoms with E-state index in [9.17, 15) is 13.2 Å². The van der Waals surface area contributed by atoms with E-state index in [1.807, 2.05) is 19.1 Å². The number of nitrogens with zero attached hydrogens (tertiary/aromatic N) is 1. The fraction of sp³-hybridized carbons (Fsp3) is 0.421. The Balaban J connectivity index is 0.00000392. The zero-order valence-electron chi connectivity index (χ0n) is 15.8. The third-order valence-corrected chi connectivity index (χ3v) is 4.73. The second-order valence-electron chi connectivity index (χ2n) is 6.00. The Hall–Kier alpha value is -1.33. The first-order valence-electron chi connectivity index (χ1n) is 8.65. The Bertz CT molecular complexity index is 733. The maximum atomic E-state index is 12.1. The van der Waals surface area contributed by atoms with Crippen LogP contribution in [0.5, 0.6) is 0 Å². The van der Waals surface area contributed by atoms with Crippen LogP contribution in [-0.4, -0.2) is 25.3 Å². The standard InChI is InChI=1S/C19H24F3N3OS.HI/c1-3-23-18(25-11-17-14(2)8-9-27-17)24-10-15-4-6-16(7-5-15)12-26-13-19(20,21)22;/h4-9H,3,10-13H2,1-2H3,(H2,23,24,25);1H. The van der Waals surface area contributed by atoms with Crippen molar-refractivity contribution in [2.45, 2.75) is 39.7 Å². The number of aliphatic imine (C=N–C) groups is 1. The van der Waals surface area contributed by atoms with Gasteiger partial charge in [-0.15, -0.1) is 35.3 Å². The van der Waals surface area contributed by atoms with Crippen molar-refractivity contribution in [3.05, 3.63) is 57.3 Å². The number of thiophene rings is 1. The number of benzene rings is 1. The maximum Gasteiger partial charge on any atom is 0.411 e. The van der Waals surface area contributed by atoms with Gasteiger partial charge >= 0.3 is 6.18 Å². The Morgan fingerprint density at radius 2 is 1.79 bits per heavy atom. The summed E-state index contributed by atoms with van der Waals surface area (Å²) in [6.07, 6.45) is -4.30. The lowest BCUT2D eigenvalue weighted by atomic mass is 10.1. The van der Waals surface area contributed by atoms with E-state index in [1.54, 1.807) is 23.5 Å². The zero-order chi connectivity index (χ0) is 19.7. The molecule has 156 valence electrons. The maximum absolute atomic E-state index is 12.1. The Morgan fingerprint density at radius 3 is 2.36 bits per heavy atom. The van der Waals surface area contributed by atoms with Crippen molar-refractivity contribution in [2.75, 3.05) is 13.2 Å². The molecule has 0 amide bonds. The van der Waals surface area contributed by atoms with Crippen LogP contribution in [0.1, 0.15) is 28.5 Å². The molecule has 0 spiro atoms. The number of alkyl halides is 3. The monoisotopic (exact) mass is 527 g/mol. The van der Waals surface area contributed by atoms with Crippen molar-refractivity contribution in [1.29, 1.82) is 0 Å². The fourth-order valence-corrected chi connectivity index (χ4v) is 3.13. The van der Waals surface area contributed by atoms with Gasteiger partial charge in [-0.2, -0.15) is 13.2 Å². The van der Waals surface area contributed by atoms with Crippen LogP contribution in [-0.2, 0) is 24.4 Å². The highest BCUT2D eigenvalue weighted by Gasteiger charge is 2.27. The smallest absolute Gasteiger partial charge is 0.367 e. The summed E-state index contributed by atoms with van der Waals surface area (Å²) in [5.74, 6) is 0.725. The van der Waals surface area contributed by atoms with Crippen LogP contribution in [0.15, 0.2) is 40.7 Å². The number of halogens is 4. The van der Waals surface area contributed by atoms with Gasteiger partial charge in [0, 0.05) is 11.4 Å². The van der Waals surface area contributed by atoms with Gasteiger partial charge < -0.3 is 15.4 Å². The van der Waals surface area contributed by atoms with Gasteiger partial charge in [-0.05, 0) is 42.0 Å². The van der Waals surface area contributed by atoms with Crippen molar-refractivity contribution in [3.63, 3.8) is 0 Å². The van der Waals surface area contributed by atoms with Gasteiger partial charge in [0.25, 0.3) is 0 Å². The molecule has 0 unspecified atom stereocenters. The second kappa shape index (κ2) is 12.3. The third-order valence-electron chi connectivity index (χ3n) is 3.71. The molecule has 0 aliphatic heterocycles. The lowest BCUT2D eigenvalue weighted by Crippen LogP contribution is -2.36. The molecule has 0 atom stereocenters. The molecular weight excluding hydrogens is 502 g/mol. The van der Waals surface area contributed by atoms with E-state index >= 15 is 0 Å². The predicted octanol–water partition coefficient (Wildman–Crippen LogP) is 5.01. The van der Waals surface area contributed by atoms with Crippen LogP contribution in [0.3, 0.4) is 0 Å². The van der Waals surface area contributed by atoms with Gasteiger partial charge in [-0.25, -0.2) is 4.99 Å². The average Bonchev–Trinajstić information content (AvgIpc) is 3.02. The molecule has 2 rings (SSSR count). The third kappa shape index (κ3) is 9.24. The lowest BCUT2D eigenvalue weighted by Gasteiger charge is -2.11. The molecule has 4 nitrogen and oxygen atoms in total. The molecule has 9 heteroatoms. The van der Waals surface area contributed by atoms with Gasteiger partial charge in [0.2, 0.25) is 0 Å². The summed E-state index contributed by atoms with van der Waals surface area (Å²) in [5, 5.41) is 8.58. The van der Waals surface area contributed by atoms with E-state index in [-0.39, 0.29) is 30.6 Å². The zero-order valence-corrected chi connectivity index (χ0v) is 19.0. The van der Waals surface area contributed by atoms with Crippen LogP contribution in [0.25, 0.3) is 0 Å². The summed E-state index contributed by atoms with van der Waals surface area (Å²) in [7, 11) is 0. The van der Waals surface area contributed by atoms with Gasteiger partial charge in [-0.1, -0.05) is 24.3 Å². The van der Waals surface area contributed by atoms with E-state index < -0.39 is 12.8 Å². The quantitative estimate of drug-likeness (QED) is 0.289. The first kappa shape index (κ1) is 24.7. The second-order valence-corrected chi connectivity index (χ2v) is 7.00. The average molecular weight is 527 g/mol. The van der Waals surface area contributed by atoms with E-state index in [0.717, 1.165) is 18.1 Å². The molecule has 2 aromatic rings. The van der Waals surface area contributed by atoms with Crippen molar-refractivity contribution in [2.24, 2.45) is 4.99 Å². The molecule has 0 aliphatic rings. The Morgan fingerprint density at radius 1 is 1.11 bits per heavy atom. The largest absolute Gasteiger partial charge is 0.411 e.